The van der Waals surface area contributed by atoms with Crippen LogP contribution in [-0.4, -0.2) is 39.5 Å². The molecular formula is C24H25FNO5P. The second-order valence-corrected chi connectivity index (χ2v) is 9.11. The van der Waals surface area contributed by atoms with E-state index in [2.05, 4.69) is 30.1 Å². The van der Waals surface area contributed by atoms with Crippen LogP contribution in [0.15, 0.2) is 48.7 Å². The van der Waals surface area contributed by atoms with Gasteiger partial charge >= 0.3 is 5.97 Å². The zero-order valence-electron chi connectivity index (χ0n) is 17.8. The van der Waals surface area contributed by atoms with E-state index < -0.39 is 26.5 Å². The maximum atomic E-state index is 13.5. The van der Waals surface area contributed by atoms with Crippen LogP contribution in [0.3, 0.4) is 0 Å². The van der Waals surface area contributed by atoms with Gasteiger partial charge in [-0.1, -0.05) is 43.9 Å². The number of carbonyl (C=O) groups is 1. The molecule has 0 bridgehead atoms. The second-order valence-electron chi connectivity index (χ2n) is 7.67. The van der Waals surface area contributed by atoms with Gasteiger partial charge < -0.3 is 19.1 Å². The fraction of sp³-hybridized carbons (Fsp3) is 0.292. The Kier molecular flexibility index (Phi) is 7.87. The van der Waals surface area contributed by atoms with Crippen LogP contribution in [0.2, 0.25) is 0 Å². The molecule has 0 aliphatic heterocycles. The Morgan fingerprint density at radius 2 is 1.94 bits per heavy atom. The van der Waals surface area contributed by atoms with Crippen molar-refractivity contribution < 1.29 is 28.5 Å². The average Bonchev–Trinajstić information content (AvgIpc) is 3.05. The van der Waals surface area contributed by atoms with Crippen LogP contribution in [0.25, 0.3) is 16.6 Å². The number of fused-ring (bicyclic) bond motifs is 1. The first kappa shape index (κ1) is 23.7. The van der Waals surface area contributed by atoms with Gasteiger partial charge in [0.15, 0.2) is 8.03 Å². The minimum Gasteiger partial charge on any atom is -0.481 e. The number of aliphatic hydroxyl groups is 1. The number of benzene rings is 1. The summed E-state index contributed by atoms with van der Waals surface area (Å²) in [5.74, 6) is 4.69. The molecule has 168 valence electrons. The van der Waals surface area contributed by atoms with Crippen molar-refractivity contribution in [2.24, 2.45) is 0 Å². The van der Waals surface area contributed by atoms with E-state index in [1.807, 2.05) is 24.4 Å². The lowest BCUT2D eigenvalue weighted by molar-refractivity contribution is -0.138. The summed E-state index contributed by atoms with van der Waals surface area (Å²) in [7, 11) is -2.62. The summed E-state index contributed by atoms with van der Waals surface area (Å²) in [5.41, 5.74) is 4.44. The van der Waals surface area contributed by atoms with Crippen molar-refractivity contribution >= 4 is 19.5 Å². The maximum absolute atomic E-state index is 13.5. The molecule has 1 aromatic carbocycles. The third-order valence-electron chi connectivity index (χ3n) is 4.89. The minimum absolute atomic E-state index is 0.121. The first-order valence-electron chi connectivity index (χ1n) is 10.2. The Morgan fingerprint density at radius 1 is 1.22 bits per heavy atom. The molecule has 0 spiro atoms. The molecule has 2 aromatic heterocycles. The summed E-state index contributed by atoms with van der Waals surface area (Å²) >= 11 is 0. The first-order valence-corrected chi connectivity index (χ1v) is 11.7. The molecule has 32 heavy (non-hydrogen) atoms. The van der Waals surface area contributed by atoms with E-state index in [9.17, 15) is 18.9 Å². The third kappa shape index (κ3) is 5.66. The van der Waals surface area contributed by atoms with Gasteiger partial charge in [-0.15, -0.1) is 0 Å². The van der Waals surface area contributed by atoms with E-state index in [-0.39, 0.29) is 24.5 Å². The van der Waals surface area contributed by atoms with Gasteiger partial charge in [0.2, 0.25) is 0 Å². The molecule has 0 aliphatic carbocycles. The fourth-order valence-electron chi connectivity index (χ4n) is 3.60. The fourth-order valence-corrected chi connectivity index (χ4v) is 4.48. The number of hydrogen-bond donors (Lipinski definition) is 2. The van der Waals surface area contributed by atoms with Gasteiger partial charge in [0.05, 0.1) is 23.6 Å². The maximum Gasteiger partial charge on any atom is 0.305 e. The lowest BCUT2D eigenvalue weighted by atomic mass is 9.98. The highest BCUT2D eigenvalue weighted by molar-refractivity contribution is 7.39. The van der Waals surface area contributed by atoms with Gasteiger partial charge in [0, 0.05) is 23.6 Å². The van der Waals surface area contributed by atoms with E-state index in [1.165, 1.54) is 12.1 Å². The Hall–Kier alpha value is -2.91. The Morgan fingerprint density at radius 3 is 2.59 bits per heavy atom. The van der Waals surface area contributed by atoms with Crippen molar-refractivity contribution in [3.63, 3.8) is 0 Å². The Bertz CT molecular complexity index is 1190. The highest BCUT2D eigenvalue weighted by atomic mass is 31.1. The van der Waals surface area contributed by atoms with Crippen molar-refractivity contribution in [3.05, 3.63) is 65.7 Å². The van der Waals surface area contributed by atoms with Crippen LogP contribution >= 0.6 is 8.03 Å². The summed E-state index contributed by atoms with van der Waals surface area (Å²) < 4.78 is 32.8. The number of nitrogens with zero attached hydrogens (tertiary/aromatic N) is 1. The van der Waals surface area contributed by atoms with Gasteiger partial charge in [-0.25, -0.2) is 4.39 Å². The van der Waals surface area contributed by atoms with E-state index in [0.717, 1.165) is 27.9 Å². The molecular weight excluding hydrogens is 432 g/mol. The quantitative estimate of drug-likeness (QED) is 0.383. The van der Waals surface area contributed by atoms with E-state index in [1.54, 1.807) is 12.1 Å². The van der Waals surface area contributed by atoms with Crippen LogP contribution in [0, 0.1) is 17.7 Å². The number of halogens is 1. The average molecular weight is 457 g/mol. The van der Waals surface area contributed by atoms with Crippen molar-refractivity contribution in [1.82, 2.24) is 4.40 Å². The SMILES string of the molecule is CC(C)c1c(C#CCO[PH](=O)C[C@@H](O)CC(=O)O)c(-c2ccc(F)cc2)c2ccccn12. The number of hydrogen-bond acceptors (Lipinski definition) is 4. The molecule has 6 nitrogen and oxygen atoms in total. The monoisotopic (exact) mass is 457 g/mol. The highest BCUT2D eigenvalue weighted by Gasteiger charge is 2.20. The molecule has 1 unspecified atom stereocenters. The molecule has 0 saturated heterocycles. The predicted molar refractivity (Wildman–Crippen MR) is 122 cm³/mol. The van der Waals surface area contributed by atoms with Crippen LogP contribution < -0.4 is 0 Å². The molecule has 0 fully saturated rings. The van der Waals surface area contributed by atoms with E-state index in [4.69, 9.17) is 9.63 Å². The smallest absolute Gasteiger partial charge is 0.305 e. The summed E-state index contributed by atoms with van der Waals surface area (Å²) in [6.45, 7) is 4.01. The van der Waals surface area contributed by atoms with Gasteiger partial charge in [-0.05, 0) is 35.7 Å². The number of rotatable bonds is 8. The molecule has 2 N–H and O–H groups in total. The third-order valence-corrected chi connectivity index (χ3v) is 6.16. The molecule has 2 heterocycles. The number of carboxylic acid groups (broad SMARTS) is 1. The molecule has 2 atom stereocenters. The molecule has 3 aromatic rings. The lowest BCUT2D eigenvalue weighted by Crippen LogP contribution is -2.15. The van der Waals surface area contributed by atoms with Crippen molar-refractivity contribution in [2.75, 3.05) is 12.8 Å². The summed E-state index contributed by atoms with van der Waals surface area (Å²) in [6, 6.07) is 12.1. The number of aromatic nitrogens is 1. The normalized spacial score (nSPS) is 13.0. The van der Waals surface area contributed by atoms with Gasteiger partial charge in [0.1, 0.15) is 12.4 Å². The van der Waals surface area contributed by atoms with E-state index in [0.29, 0.717) is 0 Å². The van der Waals surface area contributed by atoms with E-state index >= 15 is 0 Å². The van der Waals surface area contributed by atoms with Crippen LogP contribution in [0.4, 0.5) is 4.39 Å². The van der Waals surface area contributed by atoms with Crippen LogP contribution in [0.1, 0.15) is 37.4 Å². The summed E-state index contributed by atoms with van der Waals surface area (Å²) in [6.07, 6.45) is 0.0253. The molecule has 3 rings (SSSR count). The second kappa shape index (κ2) is 10.6. The number of aliphatic hydroxyl groups excluding tert-OH is 1. The zero-order chi connectivity index (χ0) is 23.3. The summed E-state index contributed by atoms with van der Waals surface area (Å²) in [4.78, 5) is 10.6. The molecule has 0 radical (unpaired) electrons. The number of aliphatic carboxylic acids is 1. The Labute approximate surface area is 186 Å². The number of pyridine rings is 1. The van der Waals surface area contributed by atoms with Gasteiger partial charge in [-0.2, -0.15) is 0 Å². The zero-order valence-corrected chi connectivity index (χ0v) is 18.8. The van der Waals surface area contributed by atoms with Gasteiger partial charge in [-0.3, -0.25) is 9.36 Å². The molecule has 0 amide bonds. The topological polar surface area (TPSA) is 88.2 Å². The van der Waals surface area contributed by atoms with Crippen LogP contribution in [0.5, 0.6) is 0 Å². The van der Waals surface area contributed by atoms with Crippen molar-refractivity contribution in [2.45, 2.75) is 32.3 Å². The largest absolute Gasteiger partial charge is 0.481 e. The van der Waals surface area contributed by atoms with Crippen molar-refractivity contribution in [1.29, 1.82) is 0 Å². The minimum atomic E-state index is -2.62. The predicted octanol–water partition coefficient (Wildman–Crippen LogP) is 4.55. The first-order chi connectivity index (χ1) is 15.3. The van der Waals surface area contributed by atoms with Crippen molar-refractivity contribution in [3.8, 4) is 23.0 Å². The Balaban J connectivity index is 1.92. The standard InChI is InChI=1S/C24H25FNO5P/c1-16(2)24-20(6-5-13-31-32(30)15-19(27)14-22(28)29)23(17-8-10-18(25)11-9-17)21-7-3-4-12-26(21)24/h3-4,7-12,16,19,27,32H,13-15H2,1-2H3,(H,28,29)/t19-/m0/s1. The molecule has 0 aliphatic rings. The summed E-state index contributed by atoms with van der Waals surface area (Å²) in [5, 5.41) is 18.2. The molecule has 8 heteroatoms. The van der Waals surface area contributed by atoms with Crippen LogP contribution in [-0.2, 0) is 13.9 Å². The highest BCUT2D eigenvalue weighted by Crippen LogP contribution is 2.36. The number of carboxylic acids is 1. The lowest BCUT2D eigenvalue weighted by Gasteiger charge is -2.07. The van der Waals surface area contributed by atoms with Gasteiger partial charge in [0.25, 0.3) is 0 Å². The molecule has 0 saturated carbocycles.